The first-order valence-electron chi connectivity index (χ1n) is 6.88. The van der Waals surface area contributed by atoms with Crippen LogP contribution in [0.3, 0.4) is 0 Å². The Morgan fingerprint density at radius 3 is 2.75 bits per heavy atom. The lowest BCUT2D eigenvalue weighted by Crippen LogP contribution is -2.46. The van der Waals surface area contributed by atoms with Crippen molar-refractivity contribution in [2.24, 2.45) is 5.73 Å². The van der Waals surface area contributed by atoms with Gasteiger partial charge in [0.05, 0.1) is 13.5 Å². The molecule has 20 heavy (non-hydrogen) atoms. The standard InChI is InChI=1S/C15H21FN2O2/c1-20-15(19)6-7-18-9-12(8-14(17)10-18)11-2-4-13(16)5-3-11/h2-5,12,14H,6-10,17H2,1H3. The zero-order valence-electron chi connectivity index (χ0n) is 11.7. The van der Waals surface area contributed by atoms with E-state index in [9.17, 15) is 9.18 Å². The number of piperidine rings is 1. The van der Waals surface area contributed by atoms with E-state index in [1.165, 1.54) is 19.2 Å². The van der Waals surface area contributed by atoms with Gasteiger partial charge in [0.2, 0.25) is 0 Å². The van der Waals surface area contributed by atoms with E-state index in [1.54, 1.807) is 0 Å². The minimum Gasteiger partial charge on any atom is -0.469 e. The molecule has 0 radical (unpaired) electrons. The molecule has 0 spiro atoms. The second-order valence-electron chi connectivity index (χ2n) is 5.33. The van der Waals surface area contributed by atoms with Gasteiger partial charge in [-0.2, -0.15) is 0 Å². The Hall–Kier alpha value is -1.46. The van der Waals surface area contributed by atoms with E-state index in [4.69, 9.17) is 5.73 Å². The summed E-state index contributed by atoms with van der Waals surface area (Å²) in [6.07, 6.45) is 1.26. The molecule has 0 aromatic heterocycles. The molecular weight excluding hydrogens is 259 g/mol. The van der Waals surface area contributed by atoms with Crippen molar-refractivity contribution in [3.63, 3.8) is 0 Å². The SMILES string of the molecule is COC(=O)CCN1CC(N)CC(c2ccc(F)cc2)C1. The quantitative estimate of drug-likeness (QED) is 0.849. The summed E-state index contributed by atoms with van der Waals surface area (Å²) in [6, 6.07) is 6.67. The molecule has 2 unspecified atom stereocenters. The maximum absolute atomic E-state index is 13.0. The van der Waals surface area contributed by atoms with Gasteiger partial charge in [-0.05, 0) is 30.0 Å². The third-order valence-electron chi connectivity index (χ3n) is 3.76. The number of rotatable bonds is 4. The number of hydrogen-bond acceptors (Lipinski definition) is 4. The topological polar surface area (TPSA) is 55.6 Å². The summed E-state index contributed by atoms with van der Waals surface area (Å²) in [7, 11) is 1.39. The number of carbonyl (C=O) groups is 1. The second-order valence-corrected chi connectivity index (χ2v) is 5.33. The molecule has 1 fully saturated rings. The molecule has 110 valence electrons. The second kappa shape index (κ2) is 6.81. The van der Waals surface area contributed by atoms with Crippen LogP contribution in [0.4, 0.5) is 4.39 Å². The zero-order valence-corrected chi connectivity index (χ0v) is 11.7. The summed E-state index contributed by atoms with van der Waals surface area (Å²) in [5.41, 5.74) is 7.19. The van der Waals surface area contributed by atoms with Crippen molar-refractivity contribution in [3.05, 3.63) is 35.6 Å². The van der Waals surface area contributed by atoms with Crippen molar-refractivity contribution in [2.75, 3.05) is 26.7 Å². The number of methoxy groups -OCH3 is 1. The third kappa shape index (κ3) is 4.02. The summed E-state index contributed by atoms with van der Waals surface area (Å²) >= 11 is 0. The average Bonchev–Trinajstić information content (AvgIpc) is 2.45. The number of carbonyl (C=O) groups excluding carboxylic acids is 1. The van der Waals surface area contributed by atoms with E-state index < -0.39 is 0 Å². The fourth-order valence-corrected chi connectivity index (χ4v) is 2.74. The number of ether oxygens (including phenoxy) is 1. The lowest BCUT2D eigenvalue weighted by Gasteiger charge is -2.36. The predicted molar refractivity (Wildman–Crippen MR) is 74.8 cm³/mol. The van der Waals surface area contributed by atoms with Crippen molar-refractivity contribution in [1.82, 2.24) is 4.90 Å². The van der Waals surface area contributed by atoms with Gasteiger partial charge in [-0.25, -0.2) is 4.39 Å². The first kappa shape index (κ1) is 14.9. The van der Waals surface area contributed by atoms with Gasteiger partial charge in [0.25, 0.3) is 0 Å². The Bertz CT molecular complexity index is 450. The Balaban J connectivity index is 1.97. The van der Waals surface area contributed by atoms with Gasteiger partial charge >= 0.3 is 5.97 Å². The van der Waals surface area contributed by atoms with E-state index in [-0.39, 0.29) is 23.7 Å². The molecule has 1 saturated heterocycles. The molecule has 1 heterocycles. The maximum atomic E-state index is 13.0. The number of nitrogens with two attached hydrogens (primary N) is 1. The van der Waals surface area contributed by atoms with Crippen molar-refractivity contribution >= 4 is 5.97 Å². The summed E-state index contributed by atoms with van der Waals surface area (Å²) in [5.74, 6) is -0.143. The van der Waals surface area contributed by atoms with Gasteiger partial charge < -0.3 is 15.4 Å². The van der Waals surface area contributed by atoms with Crippen molar-refractivity contribution in [3.8, 4) is 0 Å². The first-order chi connectivity index (χ1) is 9.58. The molecule has 1 aliphatic heterocycles. The molecular formula is C15H21FN2O2. The smallest absolute Gasteiger partial charge is 0.306 e. The first-order valence-corrected chi connectivity index (χ1v) is 6.88. The molecule has 1 aliphatic rings. The number of hydrogen-bond donors (Lipinski definition) is 1. The van der Waals surface area contributed by atoms with E-state index >= 15 is 0 Å². The summed E-state index contributed by atoms with van der Waals surface area (Å²) in [4.78, 5) is 13.4. The van der Waals surface area contributed by atoms with Crippen LogP contribution in [-0.4, -0.2) is 43.7 Å². The number of nitrogens with zero attached hydrogens (tertiary/aromatic N) is 1. The van der Waals surface area contributed by atoms with Crippen molar-refractivity contribution < 1.29 is 13.9 Å². The van der Waals surface area contributed by atoms with Crippen LogP contribution in [0.1, 0.15) is 24.3 Å². The molecule has 0 aliphatic carbocycles. The highest BCUT2D eigenvalue weighted by molar-refractivity contribution is 5.69. The predicted octanol–water partition coefficient (Wildman–Crippen LogP) is 1.51. The zero-order chi connectivity index (χ0) is 14.5. The largest absolute Gasteiger partial charge is 0.469 e. The molecule has 0 bridgehead atoms. The van der Waals surface area contributed by atoms with Crippen LogP contribution < -0.4 is 5.73 Å². The minimum atomic E-state index is -0.226. The highest BCUT2D eigenvalue weighted by Gasteiger charge is 2.26. The summed E-state index contributed by atoms with van der Waals surface area (Å²) in [6.45, 7) is 2.28. The average molecular weight is 280 g/mol. The van der Waals surface area contributed by atoms with E-state index in [2.05, 4.69) is 9.64 Å². The lowest BCUT2D eigenvalue weighted by atomic mass is 9.88. The van der Waals surface area contributed by atoms with Gasteiger partial charge in [-0.1, -0.05) is 12.1 Å². The van der Waals surface area contributed by atoms with Crippen LogP contribution in [0, 0.1) is 5.82 Å². The molecule has 2 N–H and O–H groups in total. The molecule has 4 nitrogen and oxygen atoms in total. The van der Waals surface area contributed by atoms with Crippen LogP contribution in [0.2, 0.25) is 0 Å². The van der Waals surface area contributed by atoms with E-state index in [0.717, 1.165) is 25.1 Å². The van der Waals surface area contributed by atoms with Crippen LogP contribution in [-0.2, 0) is 9.53 Å². The Kier molecular flexibility index (Phi) is 5.09. The van der Waals surface area contributed by atoms with Gasteiger partial charge in [0, 0.05) is 25.7 Å². The van der Waals surface area contributed by atoms with Crippen molar-refractivity contribution in [2.45, 2.75) is 24.8 Å². The van der Waals surface area contributed by atoms with E-state index in [0.29, 0.717) is 13.0 Å². The number of halogens is 1. The fourth-order valence-electron chi connectivity index (χ4n) is 2.74. The van der Waals surface area contributed by atoms with Crippen LogP contribution in [0.5, 0.6) is 0 Å². The highest BCUT2D eigenvalue weighted by Crippen LogP contribution is 2.26. The molecule has 5 heteroatoms. The fraction of sp³-hybridized carbons (Fsp3) is 0.533. The number of likely N-dealkylation sites (tertiary alicyclic amines) is 1. The molecule has 0 saturated carbocycles. The molecule has 1 aromatic carbocycles. The minimum absolute atomic E-state index is 0.0800. The monoisotopic (exact) mass is 280 g/mol. The van der Waals surface area contributed by atoms with Crippen LogP contribution in [0.25, 0.3) is 0 Å². The lowest BCUT2D eigenvalue weighted by molar-refractivity contribution is -0.141. The number of benzene rings is 1. The molecule has 1 aromatic rings. The van der Waals surface area contributed by atoms with Gasteiger partial charge in [-0.3, -0.25) is 4.79 Å². The highest BCUT2D eigenvalue weighted by atomic mass is 19.1. The maximum Gasteiger partial charge on any atom is 0.306 e. The van der Waals surface area contributed by atoms with Crippen molar-refractivity contribution in [1.29, 1.82) is 0 Å². The molecule has 0 amide bonds. The van der Waals surface area contributed by atoms with E-state index in [1.807, 2.05) is 12.1 Å². The van der Waals surface area contributed by atoms with Crippen LogP contribution in [0.15, 0.2) is 24.3 Å². The normalized spacial score (nSPS) is 23.6. The van der Waals surface area contributed by atoms with Gasteiger partial charge in [0.1, 0.15) is 5.82 Å². The third-order valence-corrected chi connectivity index (χ3v) is 3.76. The summed E-state index contributed by atoms with van der Waals surface area (Å²) in [5, 5.41) is 0. The number of esters is 1. The van der Waals surface area contributed by atoms with Gasteiger partial charge in [-0.15, -0.1) is 0 Å². The molecule has 2 rings (SSSR count). The summed E-state index contributed by atoms with van der Waals surface area (Å²) < 4.78 is 17.6. The Morgan fingerprint density at radius 1 is 1.40 bits per heavy atom. The Labute approximate surface area is 118 Å². The molecule has 2 atom stereocenters. The Morgan fingerprint density at radius 2 is 2.10 bits per heavy atom. The van der Waals surface area contributed by atoms with Gasteiger partial charge in [0.15, 0.2) is 0 Å². The van der Waals surface area contributed by atoms with Crippen LogP contribution >= 0.6 is 0 Å².